The molecule has 1 N–H and O–H groups in total. The highest BCUT2D eigenvalue weighted by molar-refractivity contribution is 9.10. The van der Waals surface area contributed by atoms with Gasteiger partial charge in [-0.15, -0.1) is 0 Å². The Bertz CT molecular complexity index is 388. The molecule has 1 aliphatic rings. The lowest BCUT2D eigenvalue weighted by Gasteiger charge is -2.28. The number of nitrogens with one attached hydrogen (secondary N) is 1. The SMILES string of the molecule is C[C@H](NCc1cccc(F)c1Br)C1CCCCC1. The van der Waals surface area contributed by atoms with Gasteiger partial charge in [-0.25, -0.2) is 4.39 Å². The summed E-state index contributed by atoms with van der Waals surface area (Å²) in [6.45, 7) is 2.99. The van der Waals surface area contributed by atoms with Crippen molar-refractivity contribution in [3.8, 4) is 0 Å². The molecule has 3 heteroatoms. The molecule has 18 heavy (non-hydrogen) atoms. The van der Waals surface area contributed by atoms with E-state index in [9.17, 15) is 4.39 Å². The number of benzene rings is 1. The molecule has 0 unspecified atom stereocenters. The van der Waals surface area contributed by atoms with E-state index in [1.54, 1.807) is 6.07 Å². The molecule has 0 spiro atoms. The molecular formula is C15H21BrFN. The minimum atomic E-state index is -0.181. The van der Waals surface area contributed by atoms with Crippen LogP contribution in [0.25, 0.3) is 0 Å². The van der Waals surface area contributed by atoms with Gasteiger partial charge in [0.15, 0.2) is 0 Å². The average molecular weight is 314 g/mol. The Balaban J connectivity index is 1.88. The van der Waals surface area contributed by atoms with Gasteiger partial charge in [-0.3, -0.25) is 0 Å². The summed E-state index contributed by atoms with van der Waals surface area (Å²) in [6.07, 6.45) is 6.77. The first-order valence-electron chi connectivity index (χ1n) is 6.84. The predicted molar refractivity (Wildman–Crippen MR) is 77.0 cm³/mol. The van der Waals surface area contributed by atoms with Gasteiger partial charge in [0.1, 0.15) is 5.82 Å². The number of rotatable bonds is 4. The van der Waals surface area contributed by atoms with Crippen molar-refractivity contribution in [1.29, 1.82) is 0 Å². The first-order chi connectivity index (χ1) is 8.68. The fourth-order valence-electron chi connectivity index (χ4n) is 2.76. The predicted octanol–water partition coefficient (Wildman–Crippen LogP) is 4.65. The Kier molecular flexibility index (Phi) is 5.19. The topological polar surface area (TPSA) is 12.0 Å². The molecule has 0 bridgehead atoms. The average Bonchev–Trinajstić information content (AvgIpc) is 2.41. The van der Waals surface area contributed by atoms with Crippen LogP contribution in [-0.4, -0.2) is 6.04 Å². The summed E-state index contributed by atoms with van der Waals surface area (Å²) in [5, 5.41) is 3.54. The lowest BCUT2D eigenvalue weighted by molar-refractivity contribution is 0.280. The fraction of sp³-hybridized carbons (Fsp3) is 0.600. The van der Waals surface area contributed by atoms with Crippen LogP contribution in [0.2, 0.25) is 0 Å². The smallest absolute Gasteiger partial charge is 0.137 e. The van der Waals surface area contributed by atoms with Crippen molar-refractivity contribution in [2.24, 2.45) is 5.92 Å². The molecule has 0 amide bonds. The Morgan fingerprint density at radius 3 is 2.78 bits per heavy atom. The maximum Gasteiger partial charge on any atom is 0.137 e. The zero-order chi connectivity index (χ0) is 13.0. The summed E-state index contributed by atoms with van der Waals surface area (Å²) >= 11 is 3.31. The fourth-order valence-corrected chi connectivity index (χ4v) is 3.16. The van der Waals surface area contributed by atoms with Gasteiger partial charge in [0, 0.05) is 12.6 Å². The number of halogens is 2. The molecule has 0 saturated heterocycles. The molecule has 0 heterocycles. The lowest BCUT2D eigenvalue weighted by Crippen LogP contribution is -2.34. The minimum Gasteiger partial charge on any atom is -0.310 e. The normalized spacial score (nSPS) is 18.8. The molecule has 1 aromatic carbocycles. The molecule has 1 aromatic rings. The maximum atomic E-state index is 13.4. The summed E-state index contributed by atoms with van der Waals surface area (Å²) in [5.41, 5.74) is 0.998. The maximum absolute atomic E-state index is 13.4. The van der Waals surface area contributed by atoms with Crippen LogP contribution in [0.4, 0.5) is 4.39 Å². The van der Waals surface area contributed by atoms with E-state index in [0.717, 1.165) is 18.0 Å². The number of hydrogen-bond donors (Lipinski definition) is 1. The Labute approximate surface area is 117 Å². The van der Waals surface area contributed by atoms with Crippen LogP contribution >= 0.6 is 15.9 Å². The van der Waals surface area contributed by atoms with Gasteiger partial charge in [-0.1, -0.05) is 31.4 Å². The van der Waals surface area contributed by atoms with Crippen molar-refractivity contribution in [3.63, 3.8) is 0 Å². The Morgan fingerprint density at radius 1 is 1.33 bits per heavy atom. The van der Waals surface area contributed by atoms with E-state index < -0.39 is 0 Å². The van der Waals surface area contributed by atoms with Gasteiger partial charge in [0.25, 0.3) is 0 Å². The second-order valence-electron chi connectivity index (χ2n) is 5.28. The van der Waals surface area contributed by atoms with Gasteiger partial charge in [-0.2, -0.15) is 0 Å². The van der Waals surface area contributed by atoms with E-state index in [4.69, 9.17) is 0 Å². The van der Waals surface area contributed by atoms with Crippen LogP contribution in [0.1, 0.15) is 44.6 Å². The van der Waals surface area contributed by atoms with Crippen LogP contribution in [-0.2, 0) is 6.54 Å². The van der Waals surface area contributed by atoms with E-state index in [-0.39, 0.29) is 5.82 Å². The molecule has 1 fully saturated rings. The van der Waals surface area contributed by atoms with Gasteiger partial charge in [-0.05, 0) is 53.2 Å². The first-order valence-corrected chi connectivity index (χ1v) is 7.64. The van der Waals surface area contributed by atoms with E-state index in [0.29, 0.717) is 10.5 Å². The largest absolute Gasteiger partial charge is 0.310 e. The third kappa shape index (κ3) is 3.55. The highest BCUT2D eigenvalue weighted by atomic mass is 79.9. The van der Waals surface area contributed by atoms with Crippen LogP contribution in [0.5, 0.6) is 0 Å². The minimum absolute atomic E-state index is 0.181. The van der Waals surface area contributed by atoms with Crippen molar-refractivity contribution in [1.82, 2.24) is 5.32 Å². The van der Waals surface area contributed by atoms with Crippen LogP contribution in [0.3, 0.4) is 0 Å². The second kappa shape index (κ2) is 6.67. The molecule has 0 radical (unpaired) electrons. The quantitative estimate of drug-likeness (QED) is 0.853. The molecule has 0 aromatic heterocycles. The molecule has 0 aliphatic heterocycles. The molecule has 1 nitrogen and oxygen atoms in total. The summed E-state index contributed by atoms with van der Waals surface area (Å²) in [4.78, 5) is 0. The van der Waals surface area contributed by atoms with Crippen molar-refractivity contribution < 1.29 is 4.39 Å². The summed E-state index contributed by atoms with van der Waals surface area (Å²) in [6, 6.07) is 5.73. The van der Waals surface area contributed by atoms with Crippen LogP contribution < -0.4 is 5.32 Å². The standard InChI is InChI=1S/C15H21BrFN/c1-11(12-6-3-2-4-7-12)18-10-13-8-5-9-14(17)15(13)16/h5,8-9,11-12,18H,2-4,6-7,10H2,1H3/t11-/m0/s1. The lowest BCUT2D eigenvalue weighted by atomic mass is 9.84. The van der Waals surface area contributed by atoms with Gasteiger partial charge in [0.2, 0.25) is 0 Å². The molecule has 100 valence electrons. The highest BCUT2D eigenvalue weighted by Gasteiger charge is 2.19. The third-order valence-electron chi connectivity index (χ3n) is 4.00. The van der Waals surface area contributed by atoms with E-state index in [2.05, 4.69) is 28.2 Å². The zero-order valence-electron chi connectivity index (χ0n) is 10.9. The zero-order valence-corrected chi connectivity index (χ0v) is 12.5. The number of hydrogen-bond acceptors (Lipinski definition) is 1. The second-order valence-corrected chi connectivity index (χ2v) is 6.07. The van der Waals surface area contributed by atoms with Crippen molar-refractivity contribution in [2.75, 3.05) is 0 Å². The van der Waals surface area contributed by atoms with Crippen LogP contribution in [0.15, 0.2) is 22.7 Å². The molecule has 1 atom stereocenters. The van der Waals surface area contributed by atoms with Gasteiger partial charge in [0.05, 0.1) is 4.47 Å². The van der Waals surface area contributed by atoms with Gasteiger partial charge >= 0.3 is 0 Å². The van der Waals surface area contributed by atoms with E-state index in [1.807, 2.05) is 6.07 Å². The summed E-state index contributed by atoms with van der Waals surface area (Å²) in [7, 11) is 0. The van der Waals surface area contributed by atoms with Gasteiger partial charge < -0.3 is 5.32 Å². The summed E-state index contributed by atoms with van der Waals surface area (Å²) in [5.74, 6) is 0.603. The molecule has 1 aliphatic carbocycles. The summed E-state index contributed by atoms with van der Waals surface area (Å²) < 4.78 is 14.0. The monoisotopic (exact) mass is 313 g/mol. The molecule has 1 saturated carbocycles. The van der Waals surface area contributed by atoms with E-state index in [1.165, 1.54) is 38.2 Å². The Hall–Kier alpha value is -0.410. The van der Waals surface area contributed by atoms with Crippen LogP contribution in [0, 0.1) is 11.7 Å². The first kappa shape index (κ1) is 14.0. The molecule has 2 rings (SSSR count). The van der Waals surface area contributed by atoms with Crippen molar-refractivity contribution in [2.45, 2.75) is 51.6 Å². The van der Waals surface area contributed by atoms with Crippen molar-refractivity contribution in [3.05, 3.63) is 34.1 Å². The highest BCUT2D eigenvalue weighted by Crippen LogP contribution is 2.27. The molecular weight excluding hydrogens is 293 g/mol. The van der Waals surface area contributed by atoms with E-state index >= 15 is 0 Å². The van der Waals surface area contributed by atoms with Crippen molar-refractivity contribution >= 4 is 15.9 Å². The Morgan fingerprint density at radius 2 is 2.06 bits per heavy atom. The third-order valence-corrected chi connectivity index (χ3v) is 4.89.